The molecule has 0 saturated carbocycles. The zero-order chi connectivity index (χ0) is 104. The number of fused-ring (bicyclic) bond motifs is 3. The summed E-state index contributed by atoms with van der Waals surface area (Å²) in [6, 6.07) is 19.1. The van der Waals surface area contributed by atoms with Gasteiger partial charge in [-0.3, -0.25) is 34.3 Å². The third kappa shape index (κ3) is 25.2. The number of hydrogen-bond donors (Lipinski definition) is 7. The molecule has 5 aromatic heterocycles. The number of nitrogens with two attached hydrogens (primary N) is 1. The summed E-state index contributed by atoms with van der Waals surface area (Å²) in [5.41, 5.74) is 1.88. The Morgan fingerprint density at radius 3 is 1.24 bits per heavy atom. The average Bonchev–Trinajstić information content (AvgIpc) is 0.778. The Labute approximate surface area is 792 Å². The first-order chi connectivity index (χ1) is 66.3. The molecular formula is C96H81ClF21N13O10. The van der Waals surface area contributed by atoms with Crippen molar-refractivity contribution in [1.29, 1.82) is 5.26 Å². The van der Waals surface area contributed by atoms with Crippen LogP contribution in [0.25, 0.3) is 66.4 Å². The molecule has 8 N–H and O–H groups in total. The maximum atomic E-state index is 15.2. The zero-order valence-electron chi connectivity index (χ0n) is 74.9. The third-order valence-corrected chi connectivity index (χ3v) is 23.2. The molecule has 12 aromatic rings. The summed E-state index contributed by atoms with van der Waals surface area (Å²) >= 11 is 6.45. The Morgan fingerprint density at radius 1 is 0.482 bits per heavy atom. The first kappa shape index (κ1) is 107. The topological polar surface area (TPSA) is 326 Å². The number of nitrogens with zero attached hydrogens (tertiary/aromatic N) is 6. The number of carbonyl (C=O) groups excluding carboxylic acids is 6. The van der Waals surface area contributed by atoms with Gasteiger partial charge in [0.2, 0.25) is 0 Å². The van der Waals surface area contributed by atoms with E-state index in [1.165, 1.54) is 87.8 Å². The Morgan fingerprint density at radius 2 is 0.872 bits per heavy atom. The number of nitriles is 1. The molecule has 744 valence electrons. The number of esters is 3. The number of anilines is 4. The fourth-order valence-electron chi connectivity index (χ4n) is 15.6. The van der Waals surface area contributed by atoms with E-state index in [0.717, 1.165) is 40.4 Å². The predicted molar refractivity (Wildman–Crippen MR) is 475 cm³/mol. The number of aryl methyl sites for hydroxylation is 1. The molecule has 1 unspecified atom stereocenters. The second kappa shape index (κ2) is 44.2. The highest BCUT2D eigenvalue weighted by atomic mass is 35.5. The fraction of sp³-hybridized carbons (Fsp3) is 0.292. The molecule has 6 atom stereocenters. The van der Waals surface area contributed by atoms with E-state index in [-0.39, 0.29) is 95.5 Å². The minimum atomic E-state index is -4.79. The lowest BCUT2D eigenvalue weighted by Gasteiger charge is -2.33. The third-order valence-electron chi connectivity index (χ3n) is 22.9. The normalized spacial score (nSPS) is 13.9. The second-order valence-corrected chi connectivity index (χ2v) is 32.4. The molecule has 7 aromatic carbocycles. The largest absolute Gasteiger partial charge is 0.467 e. The van der Waals surface area contributed by atoms with Crippen molar-refractivity contribution in [3.63, 3.8) is 0 Å². The summed E-state index contributed by atoms with van der Waals surface area (Å²) < 4.78 is 313. The molecule has 1 aliphatic heterocycles. The minimum Gasteiger partial charge on any atom is -0.467 e. The molecule has 0 bridgehead atoms. The summed E-state index contributed by atoms with van der Waals surface area (Å²) in [6.07, 6.45) is -20.6. The maximum absolute atomic E-state index is 15.2. The number of amides is 3. The SMILES string of the molecule is CC[C@@H](Nc1cc(F)c(C(=O)N[C@@H](Cc2ccc(-c3nc(C)c(C)c(C)c3C(F)(F)F)c3ncccc23)C(=O)OC)c(F)c1)C(F)(F)F.COC(=O)[C@H](Cc1ccc(-c2ccc(C#N)cc2Cl)c2ncccc12)NC(=O)c1c(F)cc(NC(C2CCOCC2)C(F)(F)F)cc1F.COC(=O)[C@H](Cc1ccc(-c2nc(N)ccc2C(F)(F)F)c2ncccc12)NC(=O)c1c(F)cc(N[C@H](C)C(F)(F)F)cc1F. The quantitative estimate of drug-likeness (QED) is 0.0150. The van der Waals surface area contributed by atoms with Crippen LogP contribution in [0.3, 0.4) is 0 Å². The summed E-state index contributed by atoms with van der Waals surface area (Å²) in [7, 11) is 3.06. The van der Waals surface area contributed by atoms with E-state index in [2.05, 4.69) is 46.2 Å². The van der Waals surface area contributed by atoms with E-state index in [1.807, 2.05) is 16.7 Å². The molecule has 1 saturated heterocycles. The van der Waals surface area contributed by atoms with Crippen molar-refractivity contribution < 1.29 is 140 Å². The van der Waals surface area contributed by atoms with E-state index >= 15 is 8.78 Å². The molecule has 45 heteroatoms. The molecule has 1 fully saturated rings. The van der Waals surface area contributed by atoms with Crippen molar-refractivity contribution in [3.8, 4) is 39.7 Å². The standard InChI is InChI=1S/C34H28ClF5N4O4.C33H30F8N4O3.C29H23F8N5O3/c1-47-33(46)28(14-20-5-7-24(30-22(20)3-2-10-42-30)23-6-4-18(17-41)13-25(23)35)44-32(45)29-26(36)15-21(16-27(29)37)43-31(34(38,39)40)19-8-11-48-12-9-19;1-6-25(32(36,37)38)44-19-13-22(34)26(23(35)14-19)30(46)45-24(31(47)48-5)12-18-9-10-21(28-20(18)8-7-11-42-28)29-27(33(39,40)41)16(3)15(2)17(4)43-29;1-13(28(32,33)34)40-15-11-19(30)23(20(31)12-15)26(43)41-21(27(44)45-2)10-14-5-6-17(24-16(14)4-3-9-39-24)25-18(29(35,36)37)7-8-22(38)42-25/h2-7,10,13,15-16,19,28,31,43H,8-9,11-12,14H2,1H3,(H,44,45);7-11,13-14,24-25,44H,6,12H2,1-5H3,(H,45,46);3-9,11-13,21,40H,10H2,1-2H3,(H2,38,42)(H,41,43)/t28-,31?;24-,25+;13-,21+/m001/s1. The van der Waals surface area contributed by atoms with Crippen molar-refractivity contribution in [3.05, 3.63) is 265 Å². The number of pyridine rings is 5. The number of aromatic nitrogens is 5. The summed E-state index contributed by atoms with van der Waals surface area (Å²) in [6.45, 7) is 6.68. The van der Waals surface area contributed by atoms with Crippen LogP contribution in [0.15, 0.2) is 158 Å². The van der Waals surface area contributed by atoms with Crippen LogP contribution in [0.2, 0.25) is 5.02 Å². The molecule has 6 heterocycles. The number of carbonyl (C=O) groups is 6. The van der Waals surface area contributed by atoms with E-state index in [4.69, 9.17) is 36.3 Å². The van der Waals surface area contributed by atoms with Gasteiger partial charge in [-0.25, -0.2) is 45.7 Å². The number of benzene rings is 7. The summed E-state index contributed by atoms with van der Waals surface area (Å²) in [5.74, 6) is -17.0. The second-order valence-electron chi connectivity index (χ2n) is 32.0. The van der Waals surface area contributed by atoms with Gasteiger partial charge in [-0.1, -0.05) is 79.2 Å². The lowest BCUT2D eigenvalue weighted by atomic mass is 9.91. The van der Waals surface area contributed by atoms with Crippen LogP contribution < -0.4 is 37.6 Å². The summed E-state index contributed by atoms with van der Waals surface area (Å²) in [5, 5.41) is 23.3. The number of hydrogen-bond acceptors (Lipinski definition) is 20. The van der Waals surface area contributed by atoms with Gasteiger partial charge in [-0.15, -0.1) is 0 Å². The Bertz CT molecular complexity index is 6730. The number of rotatable bonds is 26. The highest BCUT2D eigenvalue weighted by Gasteiger charge is 2.47. The maximum Gasteiger partial charge on any atom is 0.418 e. The summed E-state index contributed by atoms with van der Waals surface area (Å²) in [4.78, 5) is 98.4. The van der Waals surface area contributed by atoms with E-state index in [0.29, 0.717) is 96.8 Å². The van der Waals surface area contributed by atoms with Crippen LogP contribution >= 0.6 is 11.6 Å². The van der Waals surface area contributed by atoms with Gasteiger partial charge in [0, 0.05) is 117 Å². The first-order valence-electron chi connectivity index (χ1n) is 42.2. The minimum absolute atomic E-state index is 0.000405. The number of nitrogens with one attached hydrogen (secondary N) is 6. The van der Waals surface area contributed by atoms with Crippen molar-refractivity contribution in [2.75, 3.05) is 56.2 Å². The predicted octanol–water partition coefficient (Wildman–Crippen LogP) is 20.8. The highest BCUT2D eigenvalue weighted by Crippen LogP contribution is 2.45. The lowest BCUT2D eigenvalue weighted by molar-refractivity contribution is -0.159. The number of nitrogen functional groups attached to an aromatic ring is 1. The zero-order valence-corrected chi connectivity index (χ0v) is 75.6. The van der Waals surface area contributed by atoms with Crippen LogP contribution in [0.5, 0.6) is 0 Å². The monoisotopic (exact) mass is 2010 g/mol. The van der Waals surface area contributed by atoms with Crippen LogP contribution in [0.4, 0.5) is 115 Å². The van der Waals surface area contributed by atoms with Crippen LogP contribution in [0.1, 0.15) is 114 Å². The molecule has 0 aliphatic carbocycles. The van der Waals surface area contributed by atoms with Crippen LogP contribution in [-0.2, 0) is 64.9 Å². The molecule has 0 radical (unpaired) electrons. The smallest absolute Gasteiger partial charge is 0.418 e. The van der Waals surface area contributed by atoms with Gasteiger partial charge in [0.1, 0.15) is 93.7 Å². The number of halogens is 22. The van der Waals surface area contributed by atoms with E-state index in [9.17, 15) is 117 Å². The lowest BCUT2D eigenvalue weighted by Crippen LogP contribution is -2.45. The molecule has 23 nitrogen and oxygen atoms in total. The van der Waals surface area contributed by atoms with Crippen molar-refractivity contribution in [1.82, 2.24) is 40.9 Å². The van der Waals surface area contributed by atoms with E-state index in [1.54, 1.807) is 49.5 Å². The van der Waals surface area contributed by atoms with Crippen molar-refractivity contribution >= 4 is 103 Å². The van der Waals surface area contributed by atoms with E-state index < -0.39 is 201 Å². The first-order valence-corrected chi connectivity index (χ1v) is 42.6. The Kier molecular flexibility index (Phi) is 33.5. The number of ether oxygens (including phenoxy) is 4. The Hall–Kier alpha value is -14.6. The van der Waals surface area contributed by atoms with Gasteiger partial charge in [-0.2, -0.15) is 71.1 Å². The molecule has 13 rings (SSSR count). The van der Waals surface area contributed by atoms with Crippen LogP contribution in [-0.4, -0.2) is 150 Å². The molecule has 0 spiro atoms. The highest BCUT2D eigenvalue weighted by molar-refractivity contribution is 6.34. The van der Waals surface area contributed by atoms with Gasteiger partial charge in [0.05, 0.1) is 72.0 Å². The van der Waals surface area contributed by atoms with Gasteiger partial charge in [0.15, 0.2) is 0 Å². The van der Waals surface area contributed by atoms with Gasteiger partial charge in [0.25, 0.3) is 17.7 Å². The molecule has 3 amide bonds. The number of alkyl halides is 15. The van der Waals surface area contributed by atoms with Crippen molar-refractivity contribution in [2.45, 2.75) is 140 Å². The van der Waals surface area contributed by atoms with Crippen LogP contribution in [0, 0.1) is 72.9 Å². The average molecular weight is 2010 g/mol. The Balaban J connectivity index is 0.000000202. The number of methoxy groups -OCH3 is 3. The molecule has 1 aliphatic rings. The molecule has 141 heavy (non-hydrogen) atoms. The fourth-order valence-corrected chi connectivity index (χ4v) is 15.9. The molecular weight excluding hydrogens is 1930 g/mol. The van der Waals surface area contributed by atoms with Gasteiger partial charge >= 0.3 is 48.8 Å². The van der Waals surface area contributed by atoms with Gasteiger partial charge in [-0.05, 0) is 160 Å². The van der Waals surface area contributed by atoms with Crippen molar-refractivity contribution in [2.24, 2.45) is 5.92 Å². The van der Waals surface area contributed by atoms with Gasteiger partial charge < -0.3 is 56.6 Å².